The first-order chi connectivity index (χ1) is 8.40. The van der Waals surface area contributed by atoms with E-state index in [0.29, 0.717) is 5.92 Å². The molecule has 6 heteroatoms. The van der Waals surface area contributed by atoms with E-state index in [-0.39, 0.29) is 5.25 Å². The zero-order valence-electron chi connectivity index (χ0n) is 11.2. The highest BCUT2D eigenvalue weighted by Crippen LogP contribution is 2.17. The highest BCUT2D eigenvalue weighted by atomic mass is 79.9. The fourth-order valence-electron chi connectivity index (χ4n) is 1.35. The number of nitrogens with zero attached hydrogens (tertiary/aromatic N) is 2. The number of aromatic nitrogens is 2. The lowest BCUT2D eigenvalue weighted by molar-refractivity contribution is 0.672. The summed E-state index contributed by atoms with van der Waals surface area (Å²) in [5.41, 5.74) is 0. The van der Waals surface area contributed by atoms with Crippen molar-refractivity contribution in [3.63, 3.8) is 0 Å². The molecule has 0 aliphatic carbocycles. The molecular formula is C12H20BrN3OS. The predicted octanol–water partition coefficient (Wildman–Crippen LogP) is 2.93. The molecule has 4 nitrogen and oxygen atoms in total. The average Bonchev–Trinajstić information content (AvgIpc) is 2.27. The molecule has 0 aliphatic heterocycles. The van der Waals surface area contributed by atoms with Crippen LogP contribution in [0.4, 0.5) is 5.82 Å². The molecule has 0 saturated heterocycles. The van der Waals surface area contributed by atoms with Gasteiger partial charge in [-0.05, 0) is 22.4 Å². The Morgan fingerprint density at radius 2 is 2.06 bits per heavy atom. The molecule has 2 atom stereocenters. The van der Waals surface area contributed by atoms with Crippen molar-refractivity contribution in [3.8, 4) is 0 Å². The van der Waals surface area contributed by atoms with E-state index in [1.165, 1.54) is 0 Å². The summed E-state index contributed by atoms with van der Waals surface area (Å²) >= 11 is 3.39. The van der Waals surface area contributed by atoms with Gasteiger partial charge in [0.1, 0.15) is 16.2 Å². The first-order valence-electron chi connectivity index (χ1n) is 6.00. The fourth-order valence-corrected chi connectivity index (χ4v) is 2.20. The maximum atomic E-state index is 11.2. The minimum absolute atomic E-state index is 0.201. The molecule has 1 aromatic heterocycles. The zero-order valence-corrected chi connectivity index (χ0v) is 13.6. The lowest BCUT2D eigenvalue weighted by atomic mass is 10.2. The van der Waals surface area contributed by atoms with Crippen molar-refractivity contribution >= 4 is 32.5 Å². The van der Waals surface area contributed by atoms with Crippen molar-refractivity contribution in [3.05, 3.63) is 16.5 Å². The number of rotatable bonds is 6. The van der Waals surface area contributed by atoms with Gasteiger partial charge in [0.25, 0.3) is 0 Å². The minimum atomic E-state index is -0.766. The molecule has 0 amide bonds. The molecule has 1 N–H and O–H groups in total. The van der Waals surface area contributed by atoms with Gasteiger partial charge in [0, 0.05) is 40.8 Å². The van der Waals surface area contributed by atoms with Crippen LogP contribution < -0.4 is 5.32 Å². The first kappa shape index (κ1) is 15.6. The Labute approximate surface area is 120 Å². The van der Waals surface area contributed by atoms with Crippen LogP contribution >= 0.6 is 15.9 Å². The van der Waals surface area contributed by atoms with Crippen LogP contribution in [0.5, 0.6) is 0 Å². The quantitative estimate of drug-likeness (QED) is 0.813. The average molecular weight is 334 g/mol. The summed E-state index contributed by atoms with van der Waals surface area (Å²) in [6.45, 7) is 6.89. The second-order valence-corrected chi connectivity index (χ2v) is 7.23. The highest BCUT2D eigenvalue weighted by molar-refractivity contribution is 9.10. The molecule has 0 aromatic carbocycles. The third-order valence-corrected chi connectivity index (χ3v) is 4.43. The molecule has 0 saturated carbocycles. The third kappa shape index (κ3) is 5.02. The van der Waals surface area contributed by atoms with E-state index >= 15 is 0 Å². The van der Waals surface area contributed by atoms with E-state index in [1.54, 1.807) is 6.26 Å². The Balaban J connectivity index is 2.59. The van der Waals surface area contributed by atoms with E-state index in [1.807, 2.05) is 13.0 Å². The van der Waals surface area contributed by atoms with Gasteiger partial charge >= 0.3 is 0 Å². The fraction of sp³-hybridized carbons (Fsp3) is 0.667. The summed E-state index contributed by atoms with van der Waals surface area (Å²) in [5.74, 6) is 1.93. The van der Waals surface area contributed by atoms with Gasteiger partial charge in [-0.1, -0.05) is 20.8 Å². The van der Waals surface area contributed by atoms with Gasteiger partial charge in [-0.2, -0.15) is 0 Å². The Kier molecular flexibility index (Phi) is 6.21. The summed E-state index contributed by atoms with van der Waals surface area (Å²) in [7, 11) is -0.766. The van der Waals surface area contributed by atoms with Gasteiger partial charge in [0.05, 0.1) is 0 Å². The Hall–Kier alpha value is -0.490. The molecule has 0 aliphatic rings. The van der Waals surface area contributed by atoms with E-state index in [9.17, 15) is 4.21 Å². The van der Waals surface area contributed by atoms with Crippen LogP contribution in [0, 0.1) is 0 Å². The Morgan fingerprint density at radius 3 is 2.61 bits per heavy atom. The van der Waals surface area contributed by atoms with Gasteiger partial charge in [-0.25, -0.2) is 9.97 Å². The predicted molar refractivity (Wildman–Crippen MR) is 80.5 cm³/mol. The number of halogens is 1. The van der Waals surface area contributed by atoms with Crippen LogP contribution in [0.15, 0.2) is 10.7 Å². The summed E-state index contributed by atoms with van der Waals surface area (Å²) in [4.78, 5) is 8.77. The SMILES string of the molecule is CC(C)c1nc(Br)cc(NCCC(C)S(C)=O)n1. The van der Waals surface area contributed by atoms with Crippen molar-refractivity contribution in [2.45, 2.75) is 38.4 Å². The minimum Gasteiger partial charge on any atom is -0.370 e. The molecule has 0 spiro atoms. The summed E-state index contributed by atoms with van der Waals surface area (Å²) in [6.07, 6.45) is 2.60. The first-order valence-corrected chi connectivity index (χ1v) is 8.42. The number of hydrogen-bond acceptors (Lipinski definition) is 4. The molecule has 0 fully saturated rings. The van der Waals surface area contributed by atoms with E-state index in [2.05, 4.69) is 45.1 Å². The summed E-state index contributed by atoms with van der Waals surface area (Å²) in [6, 6.07) is 1.86. The second-order valence-electron chi connectivity index (χ2n) is 4.61. The van der Waals surface area contributed by atoms with Crippen LogP contribution in [0.3, 0.4) is 0 Å². The Bertz CT molecular complexity index is 426. The summed E-state index contributed by atoms with van der Waals surface area (Å²) in [5, 5.41) is 3.45. The lowest BCUT2D eigenvalue weighted by Gasteiger charge is -2.11. The normalized spacial score (nSPS) is 14.6. The smallest absolute Gasteiger partial charge is 0.134 e. The van der Waals surface area contributed by atoms with E-state index < -0.39 is 10.8 Å². The maximum absolute atomic E-state index is 11.2. The van der Waals surface area contributed by atoms with E-state index in [0.717, 1.165) is 29.2 Å². The third-order valence-electron chi connectivity index (χ3n) is 2.65. The maximum Gasteiger partial charge on any atom is 0.134 e. The van der Waals surface area contributed by atoms with Gasteiger partial charge in [0.15, 0.2) is 0 Å². The molecule has 1 rings (SSSR count). The van der Waals surface area contributed by atoms with E-state index in [4.69, 9.17) is 0 Å². The largest absolute Gasteiger partial charge is 0.370 e. The van der Waals surface area contributed by atoms with Crippen LogP contribution in [0.2, 0.25) is 0 Å². The Morgan fingerprint density at radius 1 is 1.39 bits per heavy atom. The standard InChI is InChI=1S/C12H20BrN3OS/c1-8(2)12-15-10(13)7-11(16-12)14-6-5-9(3)18(4)17/h7-9H,5-6H2,1-4H3,(H,14,15,16). The van der Waals surface area contributed by atoms with Gasteiger partial charge in [-0.3, -0.25) is 4.21 Å². The van der Waals surface area contributed by atoms with Gasteiger partial charge in [-0.15, -0.1) is 0 Å². The highest BCUT2D eigenvalue weighted by Gasteiger charge is 2.08. The molecule has 1 aromatic rings. The number of nitrogens with one attached hydrogen (secondary N) is 1. The number of anilines is 1. The van der Waals surface area contributed by atoms with Crippen LogP contribution in [0.25, 0.3) is 0 Å². The van der Waals surface area contributed by atoms with Crippen molar-refractivity contribution in [2.24, 2.45) is 0 Å². The van der Waals surface area contributed by atoms with Crippen molar-refractivity contribution < 1.29 is 4.21 Å². The second kappa shape index (κ2) is 7.19. The van der Waals surface area contributed by atoms with Crippen LogP contribution in [0.1, 0.15) is 38.9 Å². The molecule has 1 heterocycles. The molecule has 2 unspecified atom stereocenters. The lowest BCUT2D eigenvalue weighted by Crippen LogP contribution is -2.15. The molecule has 102 valence electrons. The van der Waals surface area contributed by atoms with Crippen molar-refractivity contribution in [1.82, 2.24) is 9.97 Å². The number of hydrogen-bond donors (Lipinski definition) is 1. The van der Waals surface area contributed by atoms with Gasteiger partial charge in [0.2, 0.25) is 0 Å². The van der Waals surface area contributed by atoms with Crippen molar-refractivity contribution in [1.29, 1.82) is 0 Å². The zero-order chi connectivity index (χ0) is 13.7. The molecule has 18 heavy (non-hydrogen) atoms. The summed E-state index contributed by atoms with van der Waals surface area (Å²) < 4.78 is 12.0. The monoisotopic (exact) mass is 333 g/mol. The molecule has 0 radical (unpaired) electrons. The molecule has 0 bridgehead atoms. The van der Waals surface area contributed by atoms with Crippen LogP contribution in [-0.2, 0) is 10.8 Å². The van der Waals surface area contributed by atoms with Crippen LogP contribution in [-0.4, -0.2) is 32.2 Å². The molecular weight excluding hydrogens is 314 g/mol. The topological polar surface area (TPSA) is 54.9 Å². The van der Waals surface area contributed by atoms with Crippen molar-refractivity contribution in [2.75, 3.05) is 18.1 Å². The van der Waals surface area contributed by atoms with Gasteiger partial charge < -0.3 is 5.32 Å².